The Hall–Kier alpha value is -0.870. The van der Waals surface area contributed by atoms with Crippen molar-refractivity contribution in [2.24, 2.45) is 5.41 Å². The van der Waals surface area contributed by atoms with Crippen molar-refractivity contribution in [1.29, 1.82) is 0 Å². The Morgan fingerprint density at radius 1 is 1.60 bits per heavy atom. The molecule has 1 aliphatic heterocycles. The van der Waals surface area contributed by atoms with Crippen LogP contribution in [0.25, 0.3) is 0 Å². The molecule has 4 heteroatoms. The van der Waals surface area contributed by atoms with Crippen molar-refractivity contribution in [2.45, 2.75) is 26.9 Å². The minimum Gasteiger partial charge on any atom is -0.478 e. The molecule has 2 N–H and O–H groups in total. The molecule has 1 atom stereocenters. The molecule has 1 rings (SSSR count). The normalized spacial score (nSPS) is 26.9. The molecule has 4 nitrogen and oxygen atoms in total. The van der Waals surface area contributed by atoms with Gasteiger partial charge in [0.25, 0.3) is 0 Å². The number of carbonyl (C=O) groups is 1. The maximum atomic E-state index is 10.6. The molecule has 1 unspecified atom stereocenters. The van der Waals surface area contributed by atoms with Crippen molar-refractivity contribution in [3.8, 4) is 0 Å². The first kappa shape index (κ1) is 12.2. The first-order valence-electron chi connectivity index (χ1n) is 5.13. The van der Waals surface area contributed by atoms with E-state index in [0.717, 1.165) is 6.54 Å². The van der Waals surface area contributed by atoms with E-state index in [1.54, 1.807) is 13.0 Å². The van der Waals surface area contributed by atoms with Gasteiger partial charge in [0.2, 0.25) is 0 Å². The number of carboxylic acids is 1. The number of hydrogen-bond acceptors (Lipinski definition) is 3. The summed E-state index contributed by atoms with van der Waals surface area (Å²) in [5.41, 5.74) is 0.263. The van der Waals surface area contributed by atoms with E-state index >= 15 is 0 Å². The number of hydrogen-bond donors (Lipinski definition) is 2. The average Bonchev–Trinajstić information content (AvgIpc) is 2.36. The summed E-state index contributed by atoms with van der Waals surface area (Å²) in [7, 11) is 0. The molecule has 0 bridgehead atoms. The number of β-amino-alcohol motifs (C(OH)–C–C–N with tert-alkyl or cyclic N) is 1. The summed E-state index contributed by atoms with van der Waals surface area (Å²) >= 11 is 0. The Kier molecular flexibility index (Phi) is 3.52. The van der Waals surface area contributed by atoms with Crippen LogP contribution in [-0.2, 0) is 4.79 Å². The van der Waals surface area contributed by atoms with Crippen LogP contribution in [0.2, 0.25) is 0 Å². The molecule has 1 saturated heterocycles. The van der Waals surface area contributed by atoms with Crippen LogP contribution in [0.5, 0.6) is 0 Å². The SMILES string of the molecule is C/C(=C\CN1CC(O)C(C)(C)C1)C(=O)O. The Balaban J connectivity index is 2.50. The minimum absolute atomic E-state index is 0.0923. The Labute approximate surface area is 90.2 Å². The Morgan fingerprint density at radius 2 is 2.20 bits per heavy atom. The molecule has 0 spiro atoms. The molecule has 1 fully saturated rings. The van der Waals surface area contributed by atoms with Crippen LogP contribution in [0.1, 0.15) is 20.8 Å². The predicted octanol–water partition coefficient (Wildman–Crippen LogP) is 0.720. The minimum atomic E-state index is -0.881. The predicted molar refractivity (Wildman–Crippen MR) is 57.6 cm³/mol. The lowest BCUT2D eigenvalue weighted by Gasteiger charge is -2.20. The van der Waals surface area contributed by atoms with Crippen molar-refractivity contribution in [1.82, 2.24) is 4.90 Å². The number of likely N-dealkylation sites (tertiary alicyclic amines) is 1. The molecule has 86 valence electrons. The number of nitrogens with zero attached hydrogens (tertiary/aromatic N) is 1. The van der Waals surface area contributed by atoms with Crippen LogP contribution in [0.15, 0.2) is 11.6 Å². The third-order valence-electron chi connectivity index (χ3n) is 2.96. The van der Waals surface area contributed by atoms with Gasteiger partial charge in [-0.05, 0) is 6.92 Å². The van der Waals surface area contributed by atoms with Crippen molar-refractivity contribution in [3.63, 3.8) is 0 Å². The van der Waals surface area contributed by atoms with Crippen LogP contribution in [0.4, 0.5) is 0 Å². The highest BCUT2D eigenvalue weighted by atomic mass is 16.4. The highest BCUT2D eigenvalue weighted by molar-refractivity contribution is 5.85. The maximum Gasteiger partial charge on any atom is 0.330 e. The quantitative estimate of drug-likeness (QED) is 0.678. The maximum absolute atomic E-state index is 10.6. The second-order valence-electron chi connectivity index (χ2n) is 4.89. The van der Waals surface area contributed by atoms with E-state index in [2.05, 4.69) is 4.90 Å². The zero-order valence-corrected chi connectivity index (χ0v) is 9.53. The van der Waals surface area contributed by atoms with E-state index in [9.17, 15) is 9.90 Å². The van der Waals surface area contributed by atoms with Gasteiger partial charge in [-0.25, -0.2) is 4.79 Å². The first-order chi connectivity index (χ1) is 6.83. The summed E-state index contributed by atoms with van der Waals surface area (Å²) in [5.74, 6) is -0.881. The van der Waals surface area contributed by atoms with E-state index in [4.69, 9.17) is 5.11 Å². The fourth-order valence-corrected chi connectivity index (χ4v) is 1.73. The van der Waals surface area contributed by atoms with Gasteiger partial charge < -0.3 is 10.2 Å². The fraction of sp³-hybridized carbons (Fsp3) is 0.727. The summed E-state index contributed by atoms with van der Waals surface area (Å²) in [6, 6.07) is 0. The third-order valence-corrected chi connectivity index (χ3v) is 2.96. The zero-order chi connectivity index (χ0) is 11.6. The van der Waals surface area contributed by atoms with E-state index in [0.29, 0.717) is 18.7 Å². The van der Waals surface area contributed by atoms with Crippen LogP contribution in [0.3, 0.4) is 0 Å². The zero-order valence-electron chi connectivity index (χ0n) is 9.53. The Bertz CT molecular complexity index is 284. The van der Waals surface area contributed by atoms with E-state index < -0.39 is 5.97 Å². The van der Waals surface area contributed by atoms with Gasteiger partial charge >= 0.3 is 5.97 Å². The summed E-state index contributed by atoms with van der Waals surface area (Å²) in [6.45, 7) is 7.64. The number of aliphatic hydroxyl groups is 1. The fourth-order valence-electron chi connectivity index (χ4n) is 1.73. The second-order valence-corrected chi connectivity index (χ2v) is 4.89. The van der Waals surface area contributed by atoms with Gasteiger partial charge in [-0.3, -0.25) is 4.90 Å². The molecule has 1 aliphatic rings. The van der Waals surface area contributed by atoms with E-state index in [1.165, 1.54) is 0 Å². The van der Waals surface area contributed by atoms with Gasteiger partial charge in [0.15, 0.2) is 0 Å². The Morgan fingerprint density at radius 3 is 2.60 bits per heavy atom. The van der Waals surface area contributed by atoms with Crippen LogP contribution < -0.4 is 0 Å². The van der Waals surface area contributed by atoms with E-state index in [-0.39, 0.29) is 11.5 Å². The molecule has 0 aromatic rings. The number of carboxylic acid groups (broad SMARTS) is 1. The highest BCUT2D eigenvalue weighted by Gasteiger charge is 2.37. The number of rotatable bonds is 3. The van der Waals surface area contributed by atoms with Crippen LogP contribution in [-0.4, -0.2) is 46.8 Å². The number of aliphatic carboxylic acids is 1. The van der Waals surface area contributed by atoms with Crippen molar-refractivity contribution in [3.05, 3.63) is 11.6 Å². The molecule has 0 radical (unpaired) electrons. The lowest BCUT2D eigenvalue weighted by molar-refractivity contribution is -0.132. The molecule has 15 heavy (non-hydrogen) atoms. The van der Waals surface area contributed by atoms with Crippen molar-refractivity contribution >= 4 is 5.97 Å². The largest absolute Gasteiger partial charge is 0.478 e. The van der Waals surface area contributed by atoms with Crippen molar-refractivity contribution in [2.75, 3.05) is 19.6 Å². The number of aliphatic hydroxyl groups excluding tert-OH is 1. The molecule has 0 aliphatic carbocycles. The molecule has 0 aromatic carbocycles. The lowest BCUT2D eigenvalue weighted by atomic mass is 9.90. The molecular weight excluding hydrogens is 194 g/mol. The highest BCUT2D eigenvalue weighted by Crippen LogP contribution is 2.29. The molecular formula is C11H19NO3. The standard InChI is InChI=1S/C11H19NO3/c1-8(10(14)15)4-5-12-6-9(13)11(2,3)7-12/h4,9,13H,5-7H2,1-3H3,(H,14,15)/b8-4+. The van der Waals surface area contributed by atoms with Gasteiger partial charge in [-0.1, -0.05) is 19.9 Å². The van der Waals surface area contributed by atoms with Gasteiger partial charge in [0.05, 0.1) is 6.10 Å². The monoisotopic (exact) mass is 213 g/mol. The van der Waals surface area contributed by atoms with E-state index in [1.807, 2.05) is 13.8 Å². The second kappa shape index (κ2) is 4.33. The molecule has 0 amide bonds. The summed E-state index contributed by atoms with van der Waals surface area (Å²) < 4.78 is 0. The third kappa shape index (κ3) is 3.04. The molecule has 0 saturated carbocycles. The van der Waals surface area contributed by atoms with Crippen LogP contribution >= 0.6 is 0 Å². The van der Waals surface area contributed by atoms with Gasteiger partial charge in [-0.2, -0.15) is 0 Å². The molecule has 0 aromatic heterocycles. The van der Waals surface area contributed by atoms with Crippen LogP contribution in [0, 0.1) is 5.41 Å². The average molecular weight is 213 g/mol. The van der Waals surface area contributed by atoms with Gasteiger partial charge in [-0.15, -0.1) is 0 Å². The first-order valence-corrected chi connectivity index (χ1v) is 5.13. The summed E-state index contributed by atoms with van der Waals surface area (Å²) in [6.07, 6.45) is 1.37. The topological polar surface area (TPSA) is 60.8 Å². The smallest absolute Gasteiger partial charge is 0.330 e. The summed E-state index contributed by atoms with van der Waals surface area (Å²) in [4.78, 5) is 12.6. The van der Waals surface area contributed by atoms with Gasteiger partial charge in [0, 0.05) is 30.6 Å². The van der Waals surface area contributed by atoms with Crippen molar-refractivity contribution < 1.29 is 15.0 Å². The molecule has 1 heterocycles. The summed E-state index contributed by atoms with van der Waals surface area (Å²) in [5, 5.41) is 18.4. The lowest BCUT2D eigenvalue weighted by Crippen LogP contribution is -2.26. The van der Waals surface area contributed by atoms with Gasteiger partial charge in [0.1, 0.15) is 0 Å².